The number of nitrogens with zero attached hydrogens (tertiary/aromatic N) is 1. The Balaban J connectivity index is 1.26. The Kier molecular flexibility index (Phi) is 6.41. The van der Waals surface area contributed by atoms with Gasteiger partial charge in [-0.3, -0.25) is 0 Å². The highest BCUT2D eigenvalue weighted by Crippen LogP contribution is 2.46. The van der Waals surface area contributed by atoms with Gasteiger partial charge in [0.1, 0.15) is 0 Å². The van der Waals surface area contributed by atoms with Crippen molar-refractivity contribution in [3.63, 3.8) is 0 Å². The van der Waals surface area contributed by atoms with Gasteiger partial charge in [-0.2, -0.15) is 0 Å². The summed E-state index contributed by atoms with van der Waals surface area (Å²) in [6.07, 6.45) is 8.16. The maximum atomic E-state index is 13.2. The molecule has 1 saturated heterocycles. The molecule has 4 rings (SSSR count). The fraction of sp³-hybridized carbons (Fsp3) is 0.520. The van der Waals surface area contributed by atoms with E-state index in [4.69, 9.17) is 0 Å². The van der Waals surface area contributed by atoms with Crippen LogP contribution in [0.3, 0.4) is 0 Å². The summed E-state index contributed by atoms with van der Waals surface area (Å²) in [5, 5.41) is 0. The molecule has 2 fully saturated rings. The summed E-state index contributed by atoms with van der Waals surface area (Å²) in [6.45, 7) is 3.33. The van der Waals surface area contributed by atoms with E-state index >= 15 is 0 Å². The largest absolute Gasteiger partial charge is 0.303 e. The average molecular weight is 412 g/mol. The van der Waals surface area contributed by atoms with Crippen molar-refractivity contribution in [3.8, 4) is 0 Å². The lowest BCUT2D eigenvalue weighted by molar-refractivity contribution is 0.175. The maximum absolute atomic E-state index is 13.2. The Morgan fingerprint density at radius 3 is 2.10 bits per heavy atom. The highest BCUT2D eigenvalue weighted by Gasteiger charge is 2.48. The quantitative estimate of drug-likeness (QED) is 0.605. The fourth-order valence-corrected chi connectivity index (χ4v) is 7.31. The number of hydrogen-bond donors (Lipinski definition) is 0. The van der Waals surface area contributed by atoms with Crippen LogP contribution >= 0.6 is 0 Å². The Labute approximate surface area is 176 Å². The SMILES string of the molecule is O=S(=O)(c1ccccc1)C1(CCCN2CCC(Cc3ccccc3)CC2)CCC1. The van der Waals surface area contributed by atoms with Crippen molar-refractivity contribution in [3.05, 3.63) is 66.2 Å². The van der Waals surface area contributed by atoms with E-state index in [1.807, 2.05) is 18.2 Å². The molecular weight excluding hydrogens is 378 g/mol. The molecule has 0 atom stereocenters. The van der Waals surface area contributed by atoms with Crippen LogP contribution in [0.2, 0.25) is 0 Å². The summed E-state index contributed by atoms with van der Waals surface area (Å²) in [5.74, 6) is 0.782. The third-order valence-corrected chi connectivity index (χ3v) is 9.71. The van der Waals surface area contributed by atoms with Crippen LogP contribution in [0.5, 0.6) is 0 Å². The van der Waals surface area contributed by atoms with Gasteiger partial charge in [0.05, 0.1) is 9.64 Å². The van der Waals surface area contributed by atoms with Crippen LogP contribution in [0.25, 0.3) is 0 Å². The van der Waals surface area contributed by atoms with Crippen molar-refractivity contribution in [2.45, 2.75) is 61.0 Å². The molecule has 0 N–H and O–H groups in total. The first-order valence-corrected chi connectivity index (χ1v) is 12.6. The van der Waals surface area contributed by atoms with Gasteiger partial charge in [0.2, 0.25) is 0 Å². The van der Waals surface area contributed by atoms with Crippen molar-refractivity contribution < 1.29 is 8.42 Å². The molecule has 0 aromatic heterocycles. The number of hydrogen-bond acceptors (Lipinski definition) is 3. The highest BCUT2D eigenvalue weighted by molar-refractivity contribution is 7.93. The average Bonchev–Trinajstić information content (AvgIpc) is 2.72. The van der Waals surface area contributed by atoms with E-state index in [0.717, 1.165) is 57.7 Å². The van der Waals surface area contributed by atoms with Crippen LogP contribution in [-0.2, 0) is 16.3 Å². The molecule has 29 heavy (non-hydrogen) atoms. The minimum atomic E-state index is -3.23. The summed E-state index contributed by atoms with van der Waals surface area (Å²) in [4.78, 5) is 3.05. The Morgan fingerprint density at radius 2 is 1.52 bits per heavy atom. The normalized spacial score (nSPS) is 20.3. The molecule has 0 unspecified atom stereocenters. The van der Waals surface area contributed by atoms with Gasteiger partial charge >= 0.3 is 0 Å². The Morgan fingerprint density at radius 1 is 0.897 bits per heavy atom. The number of likely N-dealkylation sites (tertiary alicyclic amines) is 1. The monoisotopic (exact) mass is 411 g/mol. The van der Waals surface area contributed by atoms with Crippen LogP contribution < -0.4 is 0 Å². The fourth-order valence-electron chi connectivity index (χ4n) is 5.06. The first-order chi connectivity index (χ1) is 14.1. The van der Waals surface area contributed by atoms with E-state index in [9.17, 15) is 8.42 Å². The van der Waals surface area contributed by atoms with Crippen LogP contribution in [0.4, 0.5) is 0 Å². The van der Waals surface area contributed by atoms with Gasteiger partial charge in [-0.1, -0.05) is 55.0 Å². The minimum absolute atomic E-state index is 0.501. The topological polar surface area (TPSA) is 37.4 Å². The zero-order valence-corrected chi connectivity index (χ0v) is 18.1. The molecule has 3 nitrogen and oxygen atoms in total. The summed E-state index contributed by atoms with van der Waals surface area (Å²) in [6, 6.07) is 19.9. The number of rotatable bonds is 8. The third kappa shape index (κ3) is 4.59. The molecule has 0 radical (unpaired) electrons. The van der Waals surface area contributed by atoms with Gasteiger partial charge in [0, 0.05) is 0 Å². The molecular formula is C25H33NO2S. The summed E-state index contributed by atoms with van der Waals surface area (Å²) in [7, 11) is -3.23. The summed E-state index contributed by atoms with van der Waals surface area (Å²) >= 11 is 0. The molecule has 1 saturated carbocycles. The summed E-state index contributed by atoms with van der Waals surface area (Å²) in [5.41, 5.74) is 1.45. The van der Waals surface area contributed by atoms with Gasteiger partial charge in [-0.05, 0) is 88.2 Å². The minimum Gasteiger partial charge on any atom is -0.303 e. The molecule has 2 aliphatic rings. The third-order valence-electron chi connectivity index (χ3n) is 7.07. The molecule has 0 bridgehead atoms. The molecule has 1 aliphatic carbocycles. The zero-order valence-electron chi connectivity index (χ0n) is 17.3. The first kappa shape index (κ1) is 20.6. The van der Waals surface area contributed by atoms with Gasteiger partial charge in [-0.15, -0.1) is 0 Å². The smallest absolute Gasteiger partial charge is 0.184 e. The van der Waals surface area contributed by atoms with Gasteiger partial charge in [-0.25, -0.2) is 8.42 Å². The van der Waals surface area contributed by atoms with E-state index < -0.39 is 14.6 Å². The van der Waals surface area contributed by atoms with Gasteiger partial charge in [0.25, 0.3) is 0 Å². The van der Waals surface area contributed by atoms with Crippen molar-refractivity contribution in [2.24, 2.45) is 5.92 Å². The lowest BCUT2D eigenvalue weighted by atomic mass is 9.80. The van der Waals surface area contributed by atoms with Crippen molar-refractivity contribution in [1.82, 2.24) is 4.90 Å². The second kappa shape index (κ2) is 9.01. The lowest BCUT2D eigenvalue weighted by Crippen LogP contribution is -2.46. The Hall–Kier alpha value is -1.65. The molecule has 0 amide bonds. The van der Waals surface area contributed by atoms with Crippen molar-refractivity contribution in [2.75, 3.05) is 19.6 Å². The predicted molar refractivity (Wildman–Crippen MR) is 119 cm³/mol. The second-order valence-electron chi connectivity index (χ2n) is 8.93. The zero-order chi connectivity index (χ0) is 20.2. The molecule has 156 valence electrons. The molecule has 1 heterocycles. The van der Waals surface area contributed by atoms with Crippen LogP contribution in [0.1, 0.15) is 50.5 Å². The standard InChI is InChI=1S/C25H33NO2S/c27-29(28,24-11-5-2-6-12-24)25(15-7-16-25)17-8-18-26-19-13-23(14-20-26)21-22-9-3-1-4-10-22/h1-6,9-12,23H,7-8,13-21H2. The number of sulfone groups is 1. The van der Waals surface area contributed by atoms with Crippen molar-refractivity contribution in [1.29, 1.82) is 0 Å². The number of piperidine rings is 1. The first-order valence-electron chi connectivity index (χ1n) is 11.2. The molecule has 0 spiro atoms. The van der Waals surface area contributed by atoms with E-state index in [2.05, 4.69) is 35.2 Å². The van der Waals surface area contributed by atoms with Gasteiger partial charge < -0.3 is 4.90 Å². The summed E-state index contributed by atoms with van der Waals surface area (Å²) < 4.78 is 25.9. The Bertz CT molecular complexity index is 868. The van der Waals surface area contributed by atoms with E-state index in [0.29, 0.717) is 4.90 Å². The molecule has 2 aromatic rings. The van der Waals surface area contributed by atoms with E-state index in [1.54, 1.807) is 12.1 Å². The predicted octanol–water partition coefficient (Wildman–Crippen LogP) is 5.12. The van der Waals surface area contributed by atoms with Crippen LogP contribution in [-0.4, -0.2) is 37.7 Å². The van der Waals surface area contributed by atoms with E-state index in [-0.39, 0.29) is 0 Å². The highest BCUT2D eigenvalue weighted by atomic mass is 32.2. The number of benzene rings is 2. The molecule has 4 heteroatoms. The maximum Gasteiger partial charge on any atom is 0.184 e. The van der Waals surface area contributed by atoms with Crippen LogP contribution in [0.15, 0.2) is 65.6 Å². The second-order valence-corrected chi connectivity index (χ2v) is 11.3. The molecule has 2 aromatic carbocycles. The van der Waals surface area contributed by atoms with Crippen LogP contribution in [0, 0.1) is 5.92 Å². The lowest BCUT2D eigenvalue weighted by Gasteiger charge is -2.42. The van der Waals surface area contributed by atoms with Gasteiger partial charge in [0.15, 0.2) is 9.84 Å². The van der Waals surface area contributed by atoms with E-state index in [1.165, 1.54) is 24.8 Å². The molecule has 1 aliphatic heterocycles. The van der Waals surface area contributed by atoms with Crippen molar-refractivity contribution >= 4 is 9.84 Å².